The van der Waals surface area contributed by atoms with E-state index in [0.29, 0.717) is 46.3 Å². The Morgan fingerprint density at radius 1 is 1.09 bits per heavy atom. The molecule has 2 atom stereocenters. The molecule has 2 amide bonds. The number of fused-ring (bicyclic) bond motifs is 1. The predicted octanol–water partition coefficient (Wildman–Crippen LogP) is 5.41. The van der Waals surface area contributed by atoms with E-state index < -0.39 is 30.0 Å². The number of carbonyl (C=O) groups is 3. The number of aromatic carboxylic acids is 1. The van der Waals surface area contributed by atoms with Crippen molar-refractivity contribution in [2.24, 2.45) is 5.41 Å². The van der Waals surface area contributed by atoms with E-state index in [9.17, 15) is 24.6 Å². The molecule has 46 heavy (non-hydrogen) atoms. The molecule has 2 aromatic carbocycles. The van der Waals surface area contributed by atoms with Gasteiger partial charge in [0.05, 0.1) is 26.9 Å². The largest absolute Gasteiger partial charge is 0.493 e. The maximum absolute atomic E-state index is 14.4. The number of hydrogen-bond acceptors (Lipinski definition) is 8. The Morgan fingerprint density at radius 3 is 2.57 bits per heavy atom. The molecule has 0 unspecified atom stereocenters. The third-order valence-electron chi connectivity index (χ3n) is 7.99. The number of carbonyl (C=O) groups excluding carboxylic acids is 2. The number of nitrogens with zero attached hydrogens (tertiary/aromatic N) is 1. The summed E-state index contributed by atoms with van der Waals surface area (Å²) in [5.41, 5.74) is 1.50. The highest BCUT2D eigenvalue weighted by Gasteiger charge is 2.40. The lowest BCUT2D eigenvalue weighted by molar-refractivity contribution is -0.138. The molecule has 0 spiro atoms. The average Bonchev–Trinajstić information content (AvgIpc) is 3.47. The van der Waals surface area contributed by atoms with Crippen LogP contribution in [0.2, 0.25) is 5.02 Å². The summed E-state index contributed by atoms with van der Waals surface area (Å²) >= 11 is 6.52. The lowest BCUT2D eigenvalue weighted by Crippen LogP contribution is -2.46. The highest BCUT2D eigenvalue weighted by Crippen LogP contribution is 2.46. The van der Waals surface area contributed by atoms with Gasteiger partial charge < -0.3 is 39.1 Å². The number of anilines is 1. The Morgan fingerprint density at radius 2 is 1.87 bits per heavy atom. The first-order chi connectivity index (χ1) is 22.0. The molecular weight excluding hydrogens is 616 g/mol. The summed E-state index contributed by atoms with van der Waals surface area (Å²) in [6.45, 7) is 4.63. The molecule has 0 saturated heterocycles. The number of aliphatic hydroxyl groups excluding tert-OH is 1. The van der Waals surface area contributed by atoms with Crippen LogP contribution < -0.4 is 19.7 Å². The molecule has 1 aromatic heterocycles. The zero-order chi connectivity index (χ0) is 33.4. The van der Waals surface area contributed by atoms with Gasteiger partial charge in [-0.2, -0.15) is 0 Å². The van der Waals surface area contributed by atoms with E-state index in [-0.39, 0.29) is 42.7 Å². The maximum Gasteiger partial charge on any atom is 0.339 e. The number of nitrogens with one attached hydrogen (secondary N) is 1. The van der Waals surface area contributed by atoms with Gasteiger partial charge in [0, 0.05) is 48.0 Å². The SMILES string of the molecule is COc1cccc([C@H]2O[C@H](CC(=O)NCCc3occc3C(=O)O)C(=O)N(CC(C)(C)CCCCO)c3ccc(Cl)cc32)c1OC. The fourth-order valence-corrected chi connectivity index (χ4v) is 5.91. The van der Waals surface area contributed by atoms with Crippen LogP contribution in [0.25, 0.3) is 0 Å². The zero-order valence-electron chi connectivity index (χ0n) is 26.5. The van der Waals surface area contributed by atoms with Crippen molar-refractivity contribution in [3.05, 3.63) is 76.2 Å². The minimum Gasteiger partial charge on any atom is -0.493 e. The summed E-state index contributed by atoms with van der Waals surface area (Å²) in [5, 5.41) is 21.9. The monoisotopic (exact) mass is 656 g/mol. The van der Waals surface area contributed by atoms with Crippen LogP contribution in [0.15, 0.2) is 53.1 Å². The lowest BCUT2D eigenvalue weighted by atomic mass is 9.86. The number of hydrogen-bond donors (Lipinski definition) is 3. The van der Waals surface area contributed by atoms with Gasteiger partial charge in [0.2, 0.25) is 5.91 Å². The normalized spacial score (nSPS) is 16.5. The minimum atomic E-state index is -1.20. The highest BCUT2D eigenvalue weighted by atomic mass is 35.5. The lowest BCUT2D eigenvalue weighted by Gasteiger charge is -2.34. The first-order valence-electron chi connectivity index (χ1n) is 15.1. The summed E-state index contributed by atoms with van der Waals surface area (Å²) in [6, 6.07) is 12.0. The Kier molecular flexibility index (Phi) is 11.7. The number of benzene rings is 2. The van der Waals surface area contributed by atoms with Gasteiger partial charge in [0.15, 0.2) is 11.5 Å². The van der Waals surface area contributed by atoms with Crippen molar-refractivity contribution in [3.63, 3.8) is 0 Å². The molecular formula is C34H41ClN2O9. The molecule has 1 aliphatic heterocycles. The van der Waals surface area contributed by atoms with Gasteiger partial charge in [0.25, 0.3) is 5.91 Å². The molecule has 12 heteroatoms. The van der Waals surface area contributed by atoms with Crippen molar-refractivity contribution in [3.8, 4) is 11.5 Å². The Labute approximate surface area is 273 Å². The third-order valence-corrected chi connectivity index (χ3v) is 8.22. The number of furan rings is 1. The maximum atomic E-state index is 14.4. The molecule has 11 nitrogen and oxygen atoms in total. The topological polar surface area (TPSA) is 148 Å². The van der Waals surface area contributed by atoms with Crippen molar-refractivity contribution in [1.82, 2.24) is 5.32 Å². The van der Waals surface area contributed by atoms with Gasteiger partial charge in [-0.05, 0) is 48.6 Å². The van der Waals surface area contributed by atoms with E-state index in [1.165, 1.54) is 26.5 Å². The molecule has 3 N–H and O–H groups in total. The average molecular weight is 657 g/mol. The van der Waals surface area contributed by atoms with Crippen LogP contribution >= 0.6 is 11.6 Å². The number of carboxylic acid groups (broad SMARTS) is 1. The van der Waals surface area contributed by atoms with Gasteiger partial charge in [-0.25, -0.2) is 4.79 Å². The highest BCUT2D eigenvalue weighted by molar-refractivity contribution is 6.30. The quantitative estimate of drug-likeness (QED) is 0.183. The standard InChI is InChI=1S/C34H41ClN2O9/c1-34(2,14-5-6-16-38)20-37-25-11-10-21(35)18-24(25)30(23-8-7-9-27(43-3)31(23)44-4)46-28(32(37)40)19-29(39)36-15-12-26-22(33(41)42)13-17-45-26/h7-11,13,17-18,28,30,38H,5-6,12,14-16,19-20H2,1-4H3,(H,36,39)(H,41,42)/t28-,30-/m1/s1. The third kappa shape index (κ3) is 8.20. The second kappa shape index (κ2) is 15.5. The molecule has 0 saturated carbocycles. The van der Waals surface area contributed by atoms with Crippen molar-refractivity contribution in [2.45, 2.75) is 58.2 Å². The van der Waals surface area contributed by atoms with Gasteiger partial charge >= 0.3 is 5.97 Å². The van der Waals surface area contributed by atoms with E-state index in [1.54, 1.807) is 35.2 Å². The second-order valence-electron chi connectivity index (χ2n) is 11.9. The van der Waals surface area contributed by atoms with Crippen LogP contribution in [0.1, 0.15) is 72.9 Å². The Bertz CT molecular complexity index is 1540. The fraction of sp³-hybridized carbons (Fsp3) is 0.441. The summed E-state index contributed by atoms with van der Waals surface area (Å²) in [4.78, 5) is 40.7. The van der Waals surface area contributed by atoms with Crippen LogP contribution in [0.4, 0.5) is 5.69 Å². The van der Waals surface area contributed by atoms with Gasteiger partial charge in [-0.3, -0.25) is 9.59 Å². The first kappa shape index (κ1) is 34.8. The van der Waals surface area contributed by atoms with Crippen molar-refractivity contribution in [2.75, 3.05) is 38.8 Å². The number of amides is 2. The fourth-order valence-electron chi connectivity index (χ4n) is 5.73. The van der Waals surface area contributed by atoms with E-state index >= 15 is 0 Å². The van der Waals surface area contributed by atoms with Gasteiger partial charge in [0.1, 0.15) is 23.5 Å². The smallest absolute Gasteiger partial charge is 0.339 e. The number of para-hydroxylation sites is 1. The molecule has 0 fully saturated rings. The number of unbranched alkanes of at least 4 members (excludes halogenated alkanes) is 1. The number of methoxy groups -OCH3 is 2. The van der Waals surface area contributed by atoms with Crippen molar-refractivity contribution < 1.29 is 43.2 Å². The second-order valence-corrected chi connectivity index (χ2v) is 12.4. The molecule has 2 heterocycles. The molecule has 0 radical (unpaired) electrons. The molecule has 0 bridgehead atoms. The molecule has 1 aliphatic rings. The number of aliphatic hydroxyl groups is 1. The minimum absolute atomic E-state index is 0.0280. The predicted molar refractivity (Wildman–Crippen MR) is 172 cm³/mol. The summed E-state index contributed by atoms with van der Waals surface area (Å²) < 4.78 is 23.1. The van der Waals surface area contributed by atoms with Gasteiger partial charge in [-0.15, -0.1) is 0 Å². The van der Waals surface area contributed by atoms with Crippen LogP contribution in [-0.4, -0.2) is 68.0 Å². The van der Waals surface area contributed by atoms with Gasteiger partial charge in [-0.1, -0.05) is 44.0 Å². The molecule has 4 rings (SSSR count). The number of rotatable bonds is 15. The van der Waals surface area contributed by atoms with Crippen molar-refractivity contribution in [1.29, 1.82) is 0 Å². The van der Waals surface area contributed by atoms with E-state index in [4.69, 9.17) is 30.2 Å². The molecule has 248 valence electrons. The summed E-state index contributed by atoms with van der Waals surface area (Å²) in [5.74, 6) is -0.839. The van der Waals surface area contributed by atoms with Crippen LogP contribution in [-0.2, 0) is 20.7 Å². The van der Waals surface area contributed by atoms with Crippen LogP contribution in [0.5, 0.6) is 11.5 Å². The zero-order valence-corrected chi connectivity index (χ0v) is 27.3. The molecule has 3 aromatic rings. The van der Waals surface area contributed by atoms with E-state index in [1.807, 2.05) is 6.07 Å². The van der Waals surface area contributed by atoms with Crippen LogP contribution in [0.3, 0.4) is 0 Å². The number of halogens is 1. The number of carboxylic acids is 1. The van der Waals surface area contributed by atoms with E-state index in [0.717, 1.165) is 12.8 Å². The van der Waals surface area contributed by atoms with Crippen LogP contribution in [0, 0.1) is 5.41 Å². The summed E-state index contributed by atoms with van der Waals surface area (Å²) in [6.07, 6.45) is 1.28. The Balaban J connectivity index is 1.70. The summed E-state index contributed by atoms with van der Waals surface area (Å²) in [7, 11) is 3.04. The first-order valence-corrected chi connectivity index (χ1v) is 15.5. The number of ether oxygens (including phenoxy) is 3. The van der Waals surface area contributed by atoms with E-state index in [2.05, 4.69) is 19.2 Å². The Hall–Kier alpha value is -4.06. The molecule has 0 aliphatic carbocycles. The van der Waals surface area contributed by atoms with Crippen molar-refractivity contribution >= 4 is 35.1 Å².